The summed E-state index contributed by atoms with van der Waals surface area (Å²) in [5, 5.41) is 20.0. The first-order valence-corrected chi connectivity index (χ1v) is 17.5. The summed E-state index contributed by atoms with van der Waals surface area (Å²) in [4.78, 5) is 36.9. The van der Waals surface area contributed by atoms with E-state index in [1.165, 1.54) is 116 Å². The summed E-state index contributed by atoms with van der Waals surface area (Å²) >= 11 is 0. The van der Waals surface area contributed by atoms with Gasteiger partial charge in [-0.3, -0.25) is 9.59 Å². The van der Waals surface area contributed by atoms with Gasteiger partial charge in [-0.05, 0) is 12.8 Å². The van der Waals surface area contributed by atoms with Gasteiger partial charge in [-0.15, -0.1) is 0 Å². The van der Waals surface area contributed by atoms with E-state index in [1.54, 1.807) is 0 Å². The molecule has 0 aliphatic carbocycles. The summed E-state index contributed by atoms with van der Waals surface area (Å²) in [5.41, 5.74) is -2.65. The third kappa shape index (κ3) is 22.9. The molecule has 0 bridgehead atoms. The average molecular weight is 583 g/mol. The van der Waals surface area contributed by atoms with E-state index < -0.39 is 29.9 Å². The summed E-state index contributed by atoms with van der Waals surface area (Å²) in [6, 6.07) is 0. The molecule has 41 heavy (non-hydrogen) atoms. The molecule has 0 fully saturated rings. The number of Topliss-reactive ketones (excluding diaryl/α,β-unsaturated/α-hetero) is 1. The van der Waals surface area contributed by atoms with E-state index in [1.807, 2.05) is 0 Å². The topological polar surface area (TPSA) is 101 Å². The van der Waals surface area contributed by atoms with Crippen molar-refractivity contribution in [3.05, 3.63) is 0 Å². The van der Waals surface area contributed by atoms with Crippen LogP contribution in [0.3, 0.4) is 0 Å². The molecule has 0 saturated carbocycles. The number of unbranched alkanes of at least 4 members (excludes halogenated alkanes) is 24. The Bertz CT molecular complexity index is 634. The van der Waals surface area contributed by atoms with E-state index in [2.05, 4.69) is 13.8 Å². The van der Waals surface area contributed by atoms with E-state index in [0.717, 1.165) is 38.5 Å². The minimum absolute atomic E-state index is 0.0169. The summed E-state index contributed by atoms with van der Waals surface area (Å²) in [5.74, 6) is -2.88. The first-order valence-electron chi connectivity index (χ1n) is 17.5. The number of aliphatic hydroxyl groups is 2. The maximum atomic E-state index is 12.5. The Hall–Kier alpha value is -1.27. The van der Waals surface area contributed by atoms with Crippen molar-refractivity contribution >= 4 is 17.7 Å². The fourth-order valence-electron chi connectivity index (χ4n) is 5.30. The second-order valence-corrected chi connectivity index (χ2v) is 12.2. The lowest BCUT2D eigenvalue weighted by Gasteiger charge is -2.21. The molecular weight excluding hydrogens is 516 g/mol. The Morgan fingerprint density at radius 2 is 0.780 bits per heavy atom. The van der Waals surface area contributed by atoms with Crippen molar-refractivity contribution in [3.8, 4) is 0 Å². The zero-order valence-electron chi connectivity index (χ0n) is 27.0. The molecule has 0 spiro atoms. The van der Waals surface area contributed by atoms with Gasteiger partial charge in [-0.25, -0.2) is 4.79 Å². The summed E-state index contributed by atoms with van der Waals surface area (Å²) in [6.45, 7) is 3.40. The van der Waals surface area contributed by atoms with Crippen LogP contribution in [0, 0.1) is 0 Å². The van der Waals surface area contributed by atoms with Crippen LogP contribution >= 0.6 is 0 Å². The molecule has 6 nitrogen and oxygen atoms in total. The third-order valence-electron chi connectivity index (χ3n) is 8.23. The number of ether oxygens (including phenoxy) is 1. The standard InChI is InChI=1S/C35H66O6/c1-3-5-7-9-11-13-15-17-19-21-23-25-27-29-32(37)35(40,31-36)34(39)41-33(38)30-28-26-24-22-20-18-16-14-12-10-8-6-4-2/h36,40H,3-31H2,1-2H3. The highest BCUT2D eigenvalue weighted by Crippen LogP contribution is 2.18. The van der Waals surface area contributed by atoms with Gasteiger partial charge in [-0.2, -0.15) is 0 Å². The molecular formula is C35H66O6. The first-order chi connectivity index (χ1) is 19.9. The van der Waals surface area contributed by atoms with Crippen molar-refractivity contribution in [2.75, 3.05) is 6.61 Å². The van der Waals surface area contributed by atoms with Crippen molar-refractivity contribution in [2.24, 2.45) is 0 Å². The molecule has 0 aliphatic rings. The van der Waals surface area contributed by atoms with Gasteiger partial charge in [0.1, 0.15) is 0 Å². The molecule has 242 valence electrons. The minimum Gasteiger partial charge on any atom is -0.392 e. The number of carbonyl (C=O) groups excluding carboxylic acids is 3. The summed E-state index contributed by atoms with van der Waals surface area (Å²) in [6.07, 6.45) is 30.7. The normalized spacial score (nSPS) is 12.8. The molecule has 0 aromatic carbocycles. The number of esters is 2. The maximum Gasteiger partial charge on any atom is 0.356 e. The van der Waals surface area contributed by atoms with E-state index in [-0.39, 0.29) is 12.8 Å². The maximum absolute atomic E-state index is 12.5. The molecule has 2 N–H and O–H groups in total. The van der Waals surface area contributed by atoms with Crippen molar-refractivity contribution < 1.29 is 29.3 Å². The predicted octanol–water partition coefficient (Wildman–Crippen LogP) is 9.31. The van der Waals surface area contributed by atoms with Gasteiger partial charge < -0.3 is 14.9 Å². The van der Waals surface area contributed by atoms with Gasteiger partial charge in [-0.1, -0.05) is 168 Å². The van der Waals surface area contributed by atoms with E-state index >= 15 is 0 Å². The molecule has 0 aromatic rings. The summed E-state index contributed by atoms with van der Waals surface area (Å²) < 4.78 is 4.74. The lowest BCUT2D eigenvalue weighted by atomic mass is 9.94. The summed E-state index contributed by atoms with van der Waals surface area (Å²) in [7, 11) is 0. The first kappa shape index (κ1) is 39.7. The van der Waals surface area contributed by atoms with Crippen LogP contribution in [0.15, 0.2) is 0 Å². The second-order valence-electron chi connectivity index (χ2n) is 12.2. The van der Waals surface area contributed by atoms with E-state index in [9.17, 15) is 24.6 Å². The van der Waals surface area contributed by atoms with Crippen molar-refractivity contribution in [3.63, 3.8) is 0 Å². The lowest BCUT2D eigenvalue weighted by molar-refractivity contribution is -0.179. The number of carbonyl (C=O) groups is 3. The quantitative estimate of drug-likeness (QED) is 0.0480. The van der Waals surface area contributed by atoms with E-state index in [0.29, 0.717) is 12.8 Å². The van der Waals surface area contributed by atoms with Gasteiger partial charge in [0.25, 0.3) is 0 Å². The molecule has 1 atom stereocenters. The highest BCUT2D eigenvalue weighted by atomic mass is 16.6. The molecule has 6 heteroatoms. The van der Waals surface area contributed by atoms with Crippen LogP contribution in [0.5, 0.6) is 0 Å². The zero-order valence-corrected chi connectivity index (χ0v) is 27.0. The number of hydrogen-bond acceptors (Lipinski definition) is 6. The van der Waals surface area contributed by atoms with Gasteiger partial charge in [0.05, 0.1) is 6.61 Å². The Morgan fingerprint density at radius 3 is 1.10 bits per heavy atom. The smallest absolute Gasteiger partial charge is 0.356 e. The minimum atomic E-state index is -2.65. The van der Waals surface area contributed by atoms with Crippen LogP contribution in [-0.4, -0.2) is 40.1 Å². The monoisotopic (exact) mass is 582 g/mol. The second kappa shape index (κ2) is 28.8. The van der Waals surface area contributed by atoms with Crippen molar-refractivity contribution in [2.45, 2.75) is 199 Å². The molecule has 0 amide bonds. The van der Waals surface area contributed by atoms with Crippen LogP contribution in [-0.2, 0) is 19.1 Å². The molecule has 0 radical (unpaired) electrons. The van der Waals surface area contributed by atoms with Gasteiger partial charge >= 0.3 is 11.9 Å². The fraction of sp³-hybridized carbons (Fsp3) is 0.914. The zero-order chi connectivity index (χ0) is 30.4. The number of rotatable bonds is 31. The van der Waals surface area contributed by atoms with Crippen LogP contribution in [0.2, 0.25) is 0 Å². The number of aliphatic hydroxyl groups excluding tert-OH is 1. The molecule has 0 saturated heterocycles. The Morgan fingerprint density at radius 1 is 0.488 bits per heavy atom. The van der Waals surface area contributed by atoms with Gasteiger partial charge in [0.2, 0.25) is 5.60 Å². The van der Waals surface area contributed by atoms with Gasteiger partial charge in [0, 0.05) is 12.8 Å². The van der Waals surface area contributed by atoms with Crippen LogP contribution in [0.25, 0.3) is 0 Å². The van der Waals surface area contributed by atoms with Crippen LogP contribution in [0.4, 0.5) is 0 Å². The third-order valence-corrected chi connectivity index (χ3v) is 8.23. The molecule has 0 aliphatic heterocycles. The number of hydrogen-bond donors (Lipinski definition) is 2. The molecule has 0 rings (SSSR count). The van der Waals surface area contributed by atoms with Crippen molar-refractivity contribution in [1.29, 1.82) is 0 Å². The fourth-order valence-corrected chi connectivity index (χ4v) is 5.30. The van der Waals surface area contributed by atoms with E-state index in [4.69, 9.17) is 4.74 Å². The number of ketones is 1. The highest BCUT2D eigenvalue weighted by molar-refractivity contribution is 6.09. The van der Waals surface area contributed by atoms with Crippen LogP contribution in [0.1, 0.15) is 194 Å². The van der Waals surface area contributed by atoms with Gasteiger partial charge in [0.15, 0.2) is 5.78 Å². The van der Waals surface area contributed by atoms with Crippen molar-refractivity contribution in [1.82, 2.24) is 0 Å². The Kier molecular flexibility index (Phi) is 27.9. The molecule has 0 aromatic heterocycles. The Balaban J connectivity index is 3.85. The molecule has 0 heterocycles. The lowest BCUT2D eigenvalue weighted by Crippen LogP contribution is -2.51. The van der Waals surface area contributed by atoms with Crippen LogP contribution < -0.4 is 0 Å². The molecule has 1 unspecified atom stereocenters. The average Bonchev–Trinajstić information content (AvgIpc) is 2.97. The largest absolute Gasteiger partial charge is 0.392 e. The predicted molar refractivity (Wildman–Crippen MR) is 169 cm³/mol. The highest BCUT2D eigenvalue weighted by Gasteiger charge is 2.45. The SMILES string of the molecule is CCCCCCCCCCCCCCCC(=O)OC(=O)C(O)(CO)C(=O)CCCCCCCCCCCCCCC. The Labute approximate surface area is 252 Å².